The fourth-order valence-electron chi connectivity index (χ4n) is 2.42. The molecule has 9 heteroatoms. The molecule has 23 heavy (non-hydrogen) atoms. The molecular formula is C14H22N2O5S2. The highest BCUT2D eigenvalue weighted by Crippen LogP contribution is 2.17. The second-order valence-corrected chi connectivity index (χ2v) is 9.36. The average molecular weight is 362 g/mol. The highest BCUT2D eigenvalue weighted by atomic mass is 32.2. The number of nitrogens with zero attached hydrogens (tertiary/aromatic N) is 1. The van der Waals surface area contributed by atoms with E-state index in [0.29, 0.717) is 24.5 Å². The van der Waals surface area contributed by atoms with Gasteiger partial charge in [-0.15, -0.1) is 0 Å². The van der Waals surface area contributed by atoms with Gasteiger partial charge in [-0.05, 0) is 43.5 Å². The van der Waals surface area contributed by atoms with Gasteiger partial charge in [-0.25, -0.2) is 21.1 Å². The van der Waals surface area contributed by atoms with Crippen molar-refractivity contribution in [2.75, 3.05) is 36.4 Å². The first kappa shape index (κ1) is 18.0. The summed E-state index contributed by atoms with van der Waals surface area (Å²) < 4.78 is 57.0. The Morgan fingerprint density at radius 2 is 1.65 bits per heavy atom. The number of anilines is 1. The third kappa shape index (κ3) is 5.36. The van der Waals surface area contributed by atoms with Crippen LogP contribution in [0.1, 0.15) is 19.3 Å². The molecule has 0 radical (unpaired) electrons. The predicted octanol–water partition coefficient (Wildman–Crippen LogP) is 1.25. The first-order valence-corrected chi connectivity index (χ1v) is 10.7. The lowest BCUT2D eigenvalue weighted by Gasteiger charge is -2.15. The van der Waals surface area contributed by atoms with Crippen molar-refractivity contribution in [1.29, 1.82) is 0 Å². The van der Waals surface area contributed by atoms with Crippen molar-refractivity contribution in [2.45, 2.75) is 19.3 Å². The number of ether oxygens (including phenoxy) is 1. The van der Waals surface area contributed by atoms with Gasteiger partial charge in [0, 0.05) is 18.8 Å². The van der Waals surface area contributed by atoms with E-state index in [1.807, 2.05) is 0 Å². The molecule has 0 spiro atoms. The number of nitrogens with one attached hydrogen (secondary N) is 1. The van der Waals surface area contributed by atoms with Gasteiger partial charge >= 0.3 is 0 Å². The highest BCUT2D eigenvalue weighted by Gasteiger charge is 2.25. The minimum absolute atomic E-state index is 0.0737. The molecule has 0 atom stereocenters. The van der Waals surface area contributed by atoms with E-state index in [1.165, 1.54) is 11.4 Å². The van der Waals surface area contributed by atoms with Gasteiger partial charge in [0.15, 0.2) is 0 Å². The summed E-state index contributed by atoms with van der Waals surface area (Å²) >= 11 is 0. The molecule has 0 amide bonds. The van der Waals surface area contributed by atoms with Crippen LogP contribution in [0.4, 0.5) is 5.69 Å². The molecule has 1 saturated heterocycles. The maximum atomic E-state index is 12.0. The van der Waals surface area contributed by atoms with Crippen molar-refractivity contribution < 1.29 is 21.6 Å². The Morgan fingerprint density at radius 3 is 2.22 bits per heavy atom. The first-order chi connectivity index (χ1) is 10.8. The number of sulfonamides is 2. The molecule has 1 aliphatic heterocycles. The van der Waals surface area contributed by atoms with Crippen LogP contribution < -0.4 is 9.46 Å². The smallest absolute Gasteiger partial charge is 0.232 e. The lowest BCUT2D eigenvalue weighted by Crippen LogP contribution is -2.31. The number of benzene rings is 1. The molecule has 130 valence electrons. The van der Waals surface area contributed by atoms with Gasteiger partial charge in [0.05, 0.1) is 18.6 Å². The standard InChI is InChI=1S/C14H22N2O5S2/c1-21-14-7-5-13(6-8-14)15-22(17,18)11-4-12-23(19,20)16-9-2-3-10-16/h5-8,15H,2-4,9-12H2,1H3. The van der Waals surface area contributed by atoms with Gasteiger partial charge in [0.1, 0.15) is 5.75 Å². The fraction of sp³-hybridized carbons (Fsp3) is 0.571. The molecular weight excluding hydrogens is 340 g/mol. The molecule has 1 fully saturated rings. The maximum absolute atomic E-state index is 12.0. The Kier molecular flexibility index (Phi) is 5.88. The van der Waals surface area contributed by atoms with E-state index in [9.17, 15) is 16.8 Å². The molecule has 0 saturated carbocycles. The summed E-state index contributed by atoms with van der Waals surface area (Å²) in [5, 5.41) is 0. The number of rotatable bonds is 8. The van der Waals surface area contributed by atoms with E-state index in [2.05, 4.69) is 4.72 Å². The van der Waals surface area contributed by atoms with Crippen LogP contribution in [0.15, 0.2) is 24.3 Å². The van der Waals surface area contributed by atoms with E-state index in [0.717, 1.165) is 12.8 Å². The summed E-state index contributed by atoms with van der Waals surface area (Å²) in [5.74, 6) is 0.257. The Morgan fingerprint density at radius 1 is 1.04 bits per heavy atom. The molecule has 0 aromatic heterocycles. The van der Waals surface area contributed by atoms with Crippen LogP contribution in [0.2, 0.25) is 0 Å². The van der Waals surface area contributed by atoms with Gasteiger partial charge in [-0.1, -0.05) is 0 Å². The van der Waals surface area contributed by atoms with E-state index in [1.54, 1.807) is 24.3 Å². The van der Waals surface area contributed by atoms with Crippen LogP contribution in [0.25, 0.3) is 0 Å². The number of hydrogen-bond acceptors (Lipinski definition) is 5. The summed E-state index contributed by atoms with van der Waals surface area (Å²) in [4.78, 5) is 0. The molecule has 0 aliphatic carbocycles. The average Bonchev–Trinajstić information content (AvgIpc) is 3.02. The Labute approximate surface area is 137 Å². The molecule has 1 aliphatic rings. The van der Waals surface area contributed by atoms with Gasteiger partial charge < -0.3 is 4.74 Å². The zero-order chi connectivity index (χ0) is 16.9. The Bertz CT molecular complexity index is 708. The lowest BCUT2D eigenvalue weighted by molar-refractivity contribution is 0.415. The van der Waals surface area contributed by atoms with Crippen LogP contribution in [0.3, 0.4) is 0 Å². The minimum Gasteiger partial charge on any atom is -0.497 e. The first-order valence-electron chi connectivity index (χ1n) is 7.45. The van der Waals surface area contributed by atoms with E-state index in [4.69, 9.17) is 4.74 Å². The molecule has 1 N–H and O–H groups in total. The molecule has 1 aromatic rings. The van der Waals surface area contributed by atoms with Gasteiger partial charge in [-0.2, -0.15) is 0 Å². The predicted molar refractivity (Wildman–Crippen MR) is 89.6 cm³/mol. The van der Waals surface area contributed by atoms with Crippen molar-refractivity contribution in [3.63, 3.8) is 0 Å². The fourth-order valence-corrected chi connectivity index (χ4v) is 5.30. The summed E-state index contributed by atoms with van der Waals surface area (Å²) in [6.07, 6.45) is 1.82. The van der Waals surface area contributed by atoms with Gasteiger partial charge in [0.25, 0.3) is 0 Å². The molecule has 7 nitrogen and oxygen atoms in total. The van der Waals surface area contributed by atoms with Gasteiger partial charge in [0.2, 0.25) is 20.0 Å². The van der Waals surface area contributed by atoms with E-state index < -0.39 is 20.0 Å². The van der Waals surface area contributed by atoms with Crippen LogP contribution in [-0.4, -0.2) is 52.8 Å². The molecule has 1 aromatic carbocycles. The van der Waals surface area contributed by atoms with E-state index in [-0.39, 0.29) is 17.9 Å². The summed E-state index contributed by atoms with van der Waals surface area (Å²) in [6, 6.07) is 6.49. The monoisotopic (exact) mass is 362 g/mol. The van der Waals surface area contributed by atoms with Crippen LogP contribution in [0, 0.1) is 0 Å². The maximum Gasteiger partial charge on any atom is 0.232 e. The van der Waals surface area contributed by atoms with Crippen LogP contribution in [0.5, 0.6) is 5.75 Å². The zero-order valence-corrected chi connectivity index (χ0v) is 14.7. The third-order valence-corrected chi connectivity index (χ3v) is 6.97. The van der Waals surface area contributed by atoms with Gasteiger partial charge in [-0.3, -0.25) is 4.72 Å². The SMILES string of the molecule is COc1ccc(NS(=O)(=O)CCCS(=O)(=O)N2CCCC2)cc1. The van der Waals surface area contributed by atoms with Crippen molar-refractivity contribution in [3.05, 3.63) is 24.3 Å². The molecule has 2 rings (SSSR count). The Balaban J connectivity index is 1.85. The Hall–Kier alpha value is -1.32. The summed E-state index contributed by atoms with van der Waals surface area (Å²) in [5.41, 5.74) is 0.424. The molecule has 1 heterocycles. The minimum atomic E-state index is -3.57. The summed E-state index contributed by atoms with van der Waals surface area (Å²) in [6.45, 7) is 1.08. The third-order valence-electron chi connectivity index (χ3n) is 3.64. The van der Waals surface area contributed by atoms with Crippen molar-refractivity contribution in [1.82, 2.24) is 4.31 Å². The van der Waals surface area contributed by atoms with Crippen LogP contribution in [-0.2, 0) is 20.0 Å². The normalized spacial score (nSPS) is 16.4. The second kappa shape index (κ2) is 7.50. The van der Waals surface area contributed by atoms with E-state index >= 15 is 0 Å². The number of methoxy groups -OCH3 is 1. The van der Waals surface area contributed by atoms with Crippen molar-refractivity contribution in [3.8, 4) is 5.75 Å². The highest BCUT2D eigenvalue weighted by molar-refractivity contribution is 7.92. The largest absolute Gasteiger partial charge is 0.497 e. The zero-order valence-electron chi connectivity index (χ0n) is 13.1. The molecule has 0 unspecified atom stereocenters. The molecule has 0 bridgehead atoms. The van der Waals surface area contributed by atoms with Crippen molar-refractivity contribution >= 4 is 25.7 Å². The lowest BCUT2D eigenvalue weighted by atomic mass is 10.3. The number of hydrogen-bond donors (Lipinski definition) is 1. The quantitative estimate of drug-likeness (QED) is 0.751. The second-order valence-electron chi connectivity index (χ2n) is 5.43. The topological polar surface area (TPSA) is 92.8 Å². The van der Waals surface area contributed by atoms with Crippen molar-refractivity contribution in [2.24, 2.45) is 0 Å². The van der Waals surface area contributed by atoms with Crippen LogP contribution >= 0.6 is 0 Å². The summed E-state index contributed by atoms with van der Waals surface area (Å²) in [7, 11) is -5.39.